The number of nitrogens with one attached hydrogen (secondary N) is 2. The maximum Gasteiger partial charge on any atom is 0.325 e. The molecule has 1 aromatic heterocycles. The Bertz CT molecular complexity index is 334. The lowest BCUT2D eigenvalue weighted by Gasteiger charge is -2.09. The monoisotopic (exact) mass is 212 g/mol. The van der Waals surface area contributed by atoms with E-state index in [9.17, 15) is 9.59 Å². The van der Waals surface area contributed by atoms with Gasteiger partial charge < -0.3 is 20.2 Å². The second-order valence-corrected chi connectivity index (χ2v) is 3.02. The highest BCUT2D eigenvalue weighted by Crippen LogP contribution is 1.98. The Kier molecular flexibility index (Phi) is 3.73. The highest BCUT2D eigenvalue weighted by molar-refractivity contribution is 5.82. The number of hydrogen-bond donors (Lipinski definition) is 3. The summed E-state index contributed by atoms with van der Waals surface area (Å²) in [7, 11) is 0. The van der Waals surface area contributed by atoms with E-state index in [1.807, 2.05) is 0 Å². The van der Waals surface area contributed by atoms with Gasteiger partial charge in [-0.1, -0.05) is 0 Å². The molecule has 0 bridgehead atoms. The molecule has 2 amide bonds. The van der Waals surface area contributed by atoms with Gasteiger partial charge in [0, 0.05) is 12.1 Å². The topological polar surface area (TPSA) is 91.6 Å². The molecule has 1 atom stereocenters. The van der Waals surface area contributed by atoms with Gasteiger partial charge in [0.25, 0.3) is 0 Å². The molecule has 0 aliphatic rings. The van der Waals surface area contributed by atoms with Gasteiger partial charge in [0.05, 0.1) is 12.5 Å². The molecule has 3 N–H and O–H groups in total. The lowest BCUT2D eigenvalue weighted by molar-refractivity contribution is -0.138. The number of carboxylic acid groups (broad SMARTS) is 1. The number of aliphatic carboxylic acids is 1. The summed E-state index contributed by atoms with van der Waals surface area (Å²) in [4.78, 5) is 21.5. The average molecular weight is 212 g/mol. The van der Waals surface area contributed by atoms with Crippen LogP contribution in [-0.2, 0) is 11.3 Å². The largest absolute Gasteiger partial charge is 0.480 e. The van der Waals surface area contributed by atoms with E-state index in [4.69, 9.17) is 9.52 Å². The van der Waals surface area contributed by atoms with Crippen molar-refractivity contribution in [3.63, 3.8) is 0 Å². The fraction of sp³-hybridized carbons (Fsp3) is 0.333. The van der Waals surface area contributed by atoms with Gasteiger partial charge in [-0.3, -0.25) is 4.79 Å². The predicted molar refractivity (Wildman–Crippen MR) is 51.2 cm³/mol. The molecule has 1 unspecified atom stereocenters. The second kappa shape index (κ2) is 5.04. The normalized spacial score (nSPS) is 11.8. The fourth-order valence-electron chi connectivity index (χ4n) is 0.885. The molecule has 82 valence electrons. The second-order valence-electron chi connectivity index (χ2n) is 3.02. The van der Waals surface area contributed by atoms with Gasteiger partial charge >= 0.3 is 12.0 Å². The van der Waals surface area contributed by atoms with Crippen molar-refractivity contribution >= 4 is 12.0 Å². The fourth-order valence-corrected chi connectivity index (χ4v) is 0.885. The number of carboxylic acids is 1. The van der Waals surface area contributed by atoms with Gasteiger partial charge in [0.2, 0.25) is 0 Å². The minimum absolute atomic E-state index is 0.300. The molecule has 15 heavy (non-hydrogen) atoms. The van der Waals surface area contributed by atoms with Crippen LogP contribution >= 0.6 is 0 Å². The molecule has 1 aromatic rings. The first kappa shape index (κ1) is 11.1. The third kappa shape index (κ3) is 3.72. The lowest BCUT2D eigenvalue weighted by atomic mass is 10.3. The zero-order chi connectivity index (χ0) is 11.3. The molecule has 0 saturated heterocycles. The highest BCUT2D eigenvalue weighted by Gasteiger charge is 2.13. The van der Waals surface area contributed by atoms with Crippen molar-refractivity contribution in [3.8, 4) is 0 Å². The quantitative estimate of drug-likeness (QED) is 0.679. The van der Waals surface area contributed by atoms with Gasteiger partial charge in [0.15, 0.2) is 0 Å². The van der Waals surface area contributed by atoms with E-state index in [2.05, 4.69) is 10.6 Å². The number of amides is 2. The molecule has 0 saturated carbocycles. The van der Waals surface area contributed by atoms with E-state index in [-0.39, 0.29) is 0 Å². The van der Waals surface area contributed by atoms with Crippen LogP contribution in [0.1, 0.15) is 12.5 Å². The van der Waals surface area contributed by atoms with Crippen LogP contribution in [-0.4, -0.2) is 23.1 Å². The lowest BCUT2D eigenvalue weighted by Crippen LogP contribution is -2.44. The number of carbonyl (C=O) groups is 2. The molecular formula is C9H12N2O4. The molecule has 1 heterocycles. The molecule has 0 spiro atoms. The molecule has 0 radical (unpaired) electrons. The maximum atomic E-state index is 11.1. The molecule has 1 rings (SSSR count). The Labute approximate surface area is 86.3 Å². The summed E-state index contributed by atoms with van der Waals surface area (Å²) in [6, 6.07) is 0.279. The van der Waals surface area contributed by atoms with E-state index in [1.54, 1.807) is 6.07 Å². The summed E-state index contributed by atoms with van der Waals surface area (Å²) in [6.07, 6.45) is 3.00. The summed E-state index contributed by atoms with van der Waals surface area (Å²) in [5.74, 6) is -1.08. The third-order valence-electron chi connectivity index (χ3n) is 1.75. The number of rotatable bonds is 4. The van der Waals surface area contributed by atoms with Gasteiger partial charge in [-0.05, 0) is 13.0 Å². The molecule has 0 aliphatic heterocycles. The van der Waals surface area contributed by atoms with E-state index in [1.165, 1.54) is 19.5 Å². The van der Waals surface area contributed by atoms with Crippen LogP contribution in [0.4, 0.5) is 4.79 Å². The molecular weight excluding hydrogens is 200 g/mol. The van der Waals surface area contributed by atoms with Crippen LogP contribution in [0, 0.1) is 0 Å². The minimum Gasteiger partial charge on any atom is -0.480 e. The third-order valence-corrected chi connectivity index (χ3v) is 1.75. The number of urea groups is 1. The van der Waals surface area contributed by atoms with Crippen LogP contribution in [0.25, 0.3) is 0 Å². The zero-order valence-electron chi connectivity index (χ0n) is 8.19. The van der Waals surface area contributed by atoms with Crippen LogP contribution in [0.15, 0.2) is 23.0 Å². The Morgan fingerprint density at radius 3 is 2.87 bits per heavy atom. The van der Waals surface area contributed by atoms with Gasteiger partial charge in [-0.25, -0.2) is 4.79 Å². The van der Waals surface area contributed by atoms with Crippen molar-refractivity contribution < 1.29 is 19.1 Å². The smallest absolute Gasteiger partial charge is 0.325 e. The number of hydrogen-bond acceptors (Lipinski definition) is 3. The van der Waals surface area contributed by atoms with Crippen molar-refractivity contribution in [2.45, 2.75) is 19.5 Å². The zero-order valence-corrected chi connectivity index (χ0v) is 8.19. The van der Waals surface area contributed by atoms with Gasteiger partial charge in [-0.15, -0.1) is 0 Å². The molecule has 6 nitrogen and oxygen atoms in total. The van der Waals surface area contributed by atoms with E-state index >= 15 is 0 Å². The first-order chi connectivity index (χ1) is 7.09. The van der Waals surface area contributed by atoms with Crippen molar-refractivity contribution in [1.29, 1.82) is 0 Å². The Morgan fingerprint density at radius 1 is 1.60 bits per heavy atom. The van der Waals surface area contributed by atoms with Crippen molar-refractivity contribution in [3.05, 3.63) is 24.2 Å². The van der Waals surface area contributed by atoms with E-state index < -0.39 is 18.0 Å². The SMILES string of the molecule is CC(NC(=O)NCc1ccoc1)C(=O)O. The van der Waals surface area contributed by atoms with Crippen LogP contribution < -0.4 is 10.6 Å². The van der Waals surface area contributed by atoms with Crippen molar-refractivity contribution in [2.24, 2.45) is 0 Å². The van der Waals surface area contributed by atoms with Crippen LogP contribution in [0.5, 0.6) is 0 Å². The standard InChI is InChI=1S/C9H12N2O4/c1-6(8(12)13)11-9(14)10-4-7-2-3-15-5-7/h2-3,5-6H,4H2,1H3,(H,12,13)(H2,10,11,14). The highest BCUT2D eigenvalue weighted by atomic mass is 16.4. The van der Waals surface area contributed by atoms with Crippen molar-refractivity contribution in [1.82, 2.24) is 10.6 Å². The maximum absolute atomic E-state index is 11.1. The summed E-state index contributed by atoms with van der Waals surface area (Å²) in [5.41, 5.74) is 0.813. The summed E-state index contributed by atoms with van der Waals surface area (Å²) in [6.45, 7) is 1.69. The first-order valence-electron chi connectivity index (χ1n) is 4.38. The predicted octanol–water partition coefficient (Wildman–Crippen LogP) is 0.552. The number of furan rings is 1. The molecule has 0 aromatic carbocycles. The van der Waals surface area contributed by atoms with E-state index in [0.717, 1.165) is 5.56 Å². The van der Waals surface area contributed by atoms with E-state index in [0.29, 0.717) is 6.54 Å². The minimum atomic E-state index is -1.08. The van der Waals surface area contributed by atoms with Crippen LogP contribution in [0.2, 0.25) is 0 Å². The molecule has 0 fully saturated rings. The first-order valence-corrected chi connectivity index (χ1v) is 4.38. The van der Waals surface area contributed by atoms with Gasteiger partial charge in [-0.2, -0.15) is 0 Å². The average Bonchev–Trinajstić information content (AvgIpc) is 2.66. The van der Waals surface area contributed by atoms with Crippen LogP contribution in [0.3, 0.4) is 0 Å². The summed E-state index contributed by atoms with van der Waals surface area (Å²) < 4.78 is 4.80. The number of carbonyl (C=O) groups excluding carboxylic acids is 1. The summed E-state index contributed by atoms with van der Waals surface area (Å²) in [5, 5.41) is 13.3. The summed E-state index contributed by atoms with van der Waals surface area (Å²) >= 11 is 0. The van der Waals surface area contributed by atoms with Gasteiger partial charge in [0.1, 0.15) is 6.04 Å². The van der Waals surface area contributed by atoms with Crippen molar-refractivity contribution in [2.75, 3.05) is 0 Å². The Hall–Kier alpha value is -1.98. The molecule has 0 aliphatic carbocycles. The Balaban J connectivity index is 2.28. The molecule has 6 heteroatoms. The Morgan fingerprint density at radius 2 is 2.33 bits per heavy atom.